The lowest BCUT2D eigenvalue weighted by Gasteiger charge is -2.15. The number of nitrogens with one attached hydrogen (secondary N) is 3. The first-order valence-corrected chi connectivity index (χ1v) is 13.3. The van der Waals surface area contributed by atoms with Crippen LogP contribution >= 0.6 is 0 Å². The highest BCUT2D eigenvalue weighted by Crippen LogP contribution is 2.34. The van der Waals surface area contributed by atoms with Gasteiger partial charge in [0, 0.05) is 5.69 Å². The van der Waals surface area contributed by atoms with Crippen molar-refractivity contribution in [1.29, 1.82) is 0 Å². The fraction of sp³-hybridized carbons (Fsp3) is 0.267. The highest BCUT2D eigenvalue weighted by molar-refractivity contribution is 6.39. The minimum absolute atomic E-state index is 0.156. The Bertz CT molecular complexity index is 1430. The van der Waals surface area contributed by atoms with Gasteiger partial charge in [0.1, 0.15) is 5.75 Å². The predicted molar refractivity (Wildman–Crippen MR) is 154 cm³/mol. The number of carbonyl (C=O) groups excluding carboxylic acids is 3. The molecular formula is C30H31F3N4O6. The summed E-state index contributed by atoms with van der Waals surface area (Å²) in [6.45, 7) is 4.02. The van der Waals surface area contributed by atoms with E-state index in [1.165, 1.54) is 36.5 Å². The van der Waals surface area contributed by atoms with Crippen molar-refractivity contribution >= 4 is 35.3 Å². The molecule has 13 heteroatoms. The van der Waals surface area contributed by atoms with Gasteiger partial charge < -0.3 is 24.8 Å². The molecule has 0 bridgehead atoms. The van der Waals surface area contributed by atoms with Gasteiger partial charge in [0.25, 0.3) is 5.91 Å². The molecule has 0 heterocycles. The number of hydrogen-bond donors (Lipinski definition) is 3. The lowest BCUT2D eigenvalue weighted by atomic mass is 10.1. The SMILES string of the molecule is CCCCOc1ccc(NC(=O)C(=O)N/N=C\c2ccc(OCC(=O)Nc3ccccc3C(F)(F)F)c(OCC)c2)cc1. The van der Waals surface area contributed by atoms with Crippen LogP contribution in [0.5, 0.6) is 17.2 Å². The minimum atomic E-state index is -4.64. The number of anilines is 2. The lowest BCUT2D eigenvalue weighted by molar-refractivity contribution is -0.137. The van der Waals surface area contributed by atoms with Gasteiger partial charge in [-0.05, 0) is 73.5 Å². The molecule has 10 nitrogen and oxygen atoms in total. The molecule has 0 radical (unpaired) electrons. The number of hydrogen-bond acceptors (Lipinski definition) is 7. The van der Waals surface area contributed by atoms with Gasteiger partial charge in [-0.15, -0.1) is 0 Å². The molecule has 0 aromatic heterocycles. The van der Waals surface area contributed by atoms with Crippen molar-refractivity contribution < 1.29 is 41.8 Å². The largest absolute Gasteiger partial charge is 0.494 e. The number of benzene rings is 3. The average molecular weight is 601 g/mol. The van der Waals surface area contributed by atoms with Gasteiger partial charge >= 0.3 is 18.0 Å². The first-order chi connectivity index (χ1) is 20.6. The molecule has 0 aliphatic heterocycles. The van der Waals surface area contributed by atoms with Gasteiger partial charge in [0.2, 0.25) is 0 Å². The summed E-state index contributed by atoms with van der Waals surface area (Å²) in [6, 6.07) is 15.7. The van der Waals surface area contributed by atoms with Crippen molar-refractivity contribution in [3.63, 3.8) is 0 Å². The number of nitrogens with zero attached hydrogens (tertiary/aromatic N) is 1. The quantitative estimate of drug-likeness (QED) is 0.105. The Labute approximate surface area is 246 Å². The van der Waals surface area contributed by atoms with Crippen LogP contribution in [0.4, 0.5) is 24.5 Å². The van der Waals surface area contributed by atoms with Crippen molar-refractivity contribution in [2.45, 2.75) is 32.9 Å². The second kappa shape index (κ2) is 15.8. The number of alkyl halides is 3. The van der Waals surface area contributed by atoms with Crippen LogP contribution < -0.4 is 30.3 Å². The third-order valence-corrected chi connectivity index (χ3v) is 5.60. The number of para-hydroxylation sites is 1. The highest BCUT2D eigenvalue weighted by Gasteiger charge is 2.33. The number of halogens is 3. The van der Waals surface area contributed by atoms with Crippen LogP contribution in [0, 0.1) is 0 Å². The van der Waals surface area contributed by atoms with Crippen molar-refractivity contribution in [3.8, 4) is 17.2 Å². The van der Waals surface area contributed by atoms with E-state index >= 15 is 0 Å². The monoisotopic (exact) mass is 600 g/mol. The maximum Gasteiger partial charge on any atom is 0.418 e. The van der Waals surface area contributed by atoms with E-state index in [4.69, 9.17) is 14.2 Å². The second-order valence-electron chi connectivity index (χ2n) is 8.90. The Hall–Kier alpha value is -5.07. The summed E-state index contributed by atoms with van der Waals surface area (Å²) in [5.74, 6) is -1.70. The van der Waals surface area contributed by atoms with Gasteiger partial charge in [-0.2, -0.15) is 18.3 Å². The fourth-order valence-corrected chi connectivity index (χ4v) is 3.53. The Morgan fingerprint density at radius 1 is 0.860 bits per heavy atom. The average Bonchev–Trinajstić information content (AvgIpc) is 2.97. The Morgan fingerprint density at radius 3 is 2.30 bits per heavy atom. The van der Waals surface area contributed by atoms with Crippen LogP contribution in [0.2, 0.25) is 0 Å². The lowest BCUT2D eigenvalue weighted by Crippen LogP contribution is -2.32. The van der Waals surface area contributed by atoms with Crippen LogP contribution in [0.3, 0.4) is 0 Å². The van der Waals surface area contributed by atoms with Crippen molar-refractivity contribution in [1.82, 2.24) is 5.43 Å². The van der Waals surface area contributed by atoms with E-state index in [0.717, 1.165) is 25.0 Å². The van der Waals surface area contributed by atoms with Gasteiger partial charge in [-0.25, -0.2) is 5.43 Å². The first kappa shape index (κ1) is 32.4. The third-order valence-electron chi connectivity index (χ3n) is 5.60. The fourth-order valence-electron chi connectivity index (χ4n) is 3.53. The molecule has 3 aromatic rings. The number of carbonyl (C=O) groups is 3. The maximum atomic E-state index is 13.2. The van der Waals surface area contributed by atoms with Crippen molar-refractivity contribution in [2.24, 2.45) is 5.10 Å². The van der Waals surface area contributed by atoms with E-state index in [0.29, 0.717) is 23.6 Å². The number of hydrazone groups is 1. The zero-order valence-corrected chi connectivity index (χ0v) is 23.5. The molecule has 43 heavy (non-hydrogen) atoms. The zero-order valence-electron chi connectivity index (χ0n) is 23.5. The van der Waals surface area contributed by atoms with E-state index < -0.39 is 36.1 Å². The zero-order chi connectivity index (χ0) is 31.2. The Kier molecular flexibility index (Phi) is 11.9. The molecule has 0 saturated carbocycles. The van der Waals surface area contributed by atoms with E-state index in [2.05, 4.69) is 28.1 Å². The number of amides is 3. The second-order valence-corrected chi connectivity index (χ2v) is 8.90. The van der Waals surface area contributed by atoms with Crippen LogP contribution in [-0.4, -0.2) is 43.8 Å². The number of unbranched alkanes of at least 4 members (excludes halogenated alkanes) is 1. The molecule has 0 atom stereocenters. The van der Waals surface area contributed by atoms with E-state index in [9.17, 15) is 27.6 Å². The molecule has 0 aliphatic carbocycles. The summed E-state index contributed by atoms with van der Waals surface area (Å²) in [5.41, 5.74) is 1.63. The standard InChI is InChI=1S/C30H31F3N4O6/c1-3-5-16-42-22-13-11-21(12-14-22)35-28(39)29(40)37-34-18-20-10-15-25(26(17-20)41-4-2)43-19-27(38)36-24-9-7-6-8-23(24)30(31,32)33/h6-15,17-18H,3-5,16,19H2,1-2H3,(H,35,39)(H,36,38)(H,37,40)/b34-18-. The summed E-state index contributed by atoms with van der Waals surface area (Å²) in [6.07, 6.45) is -1.44. The van der Waals surface area contributed by atoms with Crippen molar-refractivity contribution in [2.75, 3.05) is 30.5 Å². The molecule has 0 saturated heterocycles. The summed E-state index contributed by atoms with van der Waals surface area (Å²) in [7, 11) is 0. The molecule has 3 rings (SSSR count). The summed E-state index contributed by atoms with van der Waals surface area (Å²) >= 11 is 0. The normalized spacial score (nSPS) is 11.1. The van der Waals surface area contributed by atoms with Crippen LogP contribution in [0.1, 0.15) is 37.8 Å². The molecule has 228 valence electrons. The van der Waals surface area contributed by atoms with E-state index in [1.807, 2.05) is 0 Å². The molecule has 3 aromatic carbocycles. The Morgan fingerprint density at radius 2 is 1.60 bits per heavy atom. The van der Waals surface area contributed by atoms with Gasteiger partial charge in [0.05, 0.1) is 30.7 Å². The van der Waals surface area contributed by atoms with Gasteiger partial charge in [-0.3, -0.25) is 14.4 Å². The van der Waals surface area contributed by atoms with E-state index in [1.54, 1.807) is 31.2 Å². The Balaban J connectivity index is 1.54. The first-order valence-electron chi connectivity index (χ1n) is 13.3. The number of ether oxygens (including phenoxy) is 3. The smallest absolute Gasteiger partial charge is 0.418 e. The third kappa shape index (κ3) is 10.4. The van der Waals surface area contributed by atoms with Gasteiger partial charge in [-0.1, -0.05) is 25.5 Å². The molecule has 0 aliphatic rings. The maximum absolute atomic E-state index is 13.2. The number of rotatable bonds is 13. The molecule has 0 spiro atoms. The summed E-state index contributed by atoms with van der Waals surface area (Å²) < 4.78 is 56.1. The summed E-state index contributed by atoms with van der Waals surface area (Å²) in [5, 5.41) is 8.44. The molecule has 0 fully saturated rings. The molecule has 0 unspecified atom stereocenters. The van der Waals surface area contributed by atoms with Crippen molar-refractivity contribution in [3.05, 3.63) is 77.9 Å². The van der Waals surface area contributed by atoms with Crippen LogP contribution in [0.15, 0.2) is 71.8 Å². The molecule has 3 amide bonds. The van der Waals surface area contributed by atoms with E-state index in [-0.39, 0.29) is 23.8 Å². The summed E-state index contributed by atoms with van der Waals surface area (Å²) in [4.78, 5) is 36.6. The molecule has 3 N–H and O–H groups in total. The highest BCUT2D eigenvalue weighted by atomic mass is 19.4. The topological polar surface area (TPSA) is 127 Å². The minimum Gasteiger partial charge on any atom is -0.494 e. The van der Waals surface area contributed by atoms with Gasteiger partial charge in [0.15, 0.2) is 18.1 Å². The van der Waals surface area contributed by atoms with Crippen LogP contribution in [0.25, 0.3) is 0 Å². The van der Waals surface area contributed by atoms with Crippen LogP contribution in [-0.2, 0) is 20.6 Å². The molecular weight excluding hydrogens is 569 g/mol. The predicted octanol–water partition coefficient (Wildman–Crippen LogP) is 5.39.